The average Bonchev–Trinajstić information content (AvgIpc) is 3.08. The molecule has 10 heteroatoms. The zero-order chi connectivity index (χ0) is 66.5. The van der Waals surface area contributed by atoms with Crippen LogP contribution in [0, 0.1) is 0 Å². The van der Waals surface area contributed by atoms with Crippen molar-refractivity contribution in [1.29, 1.82) is 0 Å². The summed E-state index contributed by atoms with van der Waals surface area (Å²) in [6, 6.07) is 0. The molecule has 0 saturated carbocycles. The van der Waals surface area contributed by atoms with Gasteiger partial charge in [-0.05, 0) is 51.4 Å². The number of rotatable bonds is 79. The summed E-state index contributed by atoms with van der Waals surface area (Å²) in [7, 11) is -4.39. The van der Waals surface area contributed by atoms with Gasteiger partial charge in [-0.2, -0.15) is 0 Å². The minimum absolute atomic E-state index is 0.0571. The molecule has 0 bridgehead atoms. The summed E-state index contributed by atoms with van der Waals surface area (Å²) in [4.78, 5) is 35.5. The minimum atomic E-state index is -4.39. The molecule has 0 amide bonds. The van der Waals surface area contributed by atoms with Gasteiger partial charge in [0.25, 0.3) is 0 Å². The van der Waals surface area contributed by atoms with Crippen LogP contribution < -0.4 is 5.73 Å². The normalized spacial score (nSPS) is 13.0. The van der Waals surface area contributed by atoms with Crippen molar-refractivity contribution in [3.8, 4) is 0 Å². The first-order valence-corrected chi connectivity index (χ1v) is 42.5. The van der Waals surface area contributed by atoms with Crippen LogP contribution in [0.1, 0.15) is 444 Å². The fourth-order valence-corrected chi connectivity index (χ4v) is 13.5. The van der Waals surface area contributed by atoms with Crippen molar-refractivity contribution in [2.75, 3.05) is 26.4 Å². The number of ether oxygens (including phenoxy) is 2. The summed E-state index contributed by atoms with van der Waals surface area (Å²) in [6.45, 7) is 3.83. The summed E-state index contributed by atoms with van der Waals surface area (Å²) in [5.74, 6) is -0.799. The van der Waals surface area contributed by atoms with E-state index < -0.39 is 26.5 Å². The molecule has 92 heavy (non-hydrogen) atoms. The molecule has 0 saturated heterocycles. The van der Waals surface area contributed by atoms with Gasteiger partial charge in [0.05, 0.1) is 13.2 Å². The largest absolute Gasteiger partial charge is 0.472 e. The maximum absolute atomic E-state index is 12.8. The molecule has 2 unspecified atom stereocenters. The molecule has 0 rings (SSSR count). The minimum Gasteiger partial charge on any atom is -0.462 e. The lowest BCUT2D eigenvalue weighted by Crippen LogP contribution is -2.29. The number of nitrogens with two attached hydrogens (primary N) is 1. The molecule has 0 radical (unpaired) electrons. The summed E-state index contributed by atoms with van der Waals surface area (Å²) >= 11 is 0. The van der Waals surface area contributed by atoms with Gasteiger partial charge in [-0.15, -0.1) is 0 Å². The first-order chi connectivity index (χ1) is 45.3. The highest BCUT2D eigenvalue weighted by atomic mass is 31.2. The van der Waals surface area contributed by atoms with E-state index in [0.717, 1.165) is 44.9 Å². The Hall–Kier alpha value is -1.77. The molecular formula is C82H158NO8P. The quantitative estimate of drug-likeness (QED) is 0.0264. The van der Waals surface area contributed by atoms with Crippen molar-refractivity contribution in [2.45, 2.75) is 450 Å². The zero-order valence-corrected chi connectivity index (χ0v) is 62.5. The zero-order valence-electron chi connectivity index (χ0n) is 61.6. The molecule has 0 fully saturated rings. The average molecular weight is 1320 g/mol. The van der Waals surface area contributed by atoms with Crippen molar-refractivity contribution >= 4 is 19.8 Å². The lowest BCUT2D eigenvalue weighted by molar-refractivity contribution is -0.161. The van der Waals surface area contributed by atoms with Gasteiger partial charge in [0.1, 0.15) is 6.61 Å². The molecule has 0 aliphatic carbocycles. The Morgan fingerprint density at radius 3 is 0.837 bits per heavy atom. The van der Waals surface area contributed by atoms with Gasteiger partial charge in [0.2, 0.25) is 0 Å². The number of phosphoric ester groups is 1. The number of hydrogen-bond acceptors (Lipinski definition) is 8. The highest BCUT2D eigenvalue weighted by Crippen LogP contribution is 2.43. The Labute approximate surface area is 573 Å². The Morgan fingerprint density at radius 1 is 0.326 bits per heavy atom. The lowest BCUT2D eigenvalue weighted by Gasteiger charge is -2.19. The van der Waals surface area contributed by atoms with E-state index in [2.05, 4.69) is 50.3 Å². The first-order valence-electron chi connectivity index (χ1n) is 41.0. The van der Waals surface area contributed by atoms with Crippen LogP contribution in [0.4, 0.5) is 0 Å². The number of carbonyl (C=O) groups is 2. The van der Waals surface area contributed by atoms with Gasteiger partial charge in [-0.1, -0.05) is 416 Å². The van der Waals surface area contributed by atoms with E-state index in [1.54, 1.807) is 0 Å². The maximum Gasteiger partial charge on any atom is 0.472 e. The van der Waals surface area contributed by atoms with Crippen LogP contribution in [0.2, 0.25) is 0 Å². The van der Waals surface area contributed by atoms with Crippen LogP contribution in [0.5, 0.6) is 0 Å². The van der Waals surface area contributed by atoms with Crippen LogP contribution in [0.3, 0.4) is 0 Å². The van der Waals surface area contributed by atoms with Crippen molar-refractivity contribution in [2.24, 2.45) is 5.73 Å². The topological polar surface area (TPSA) is 134 Å². The van der Waals surface area contributed by atoms with Crippen molar-refractivity contribution in [1.82, 2.24) is 0 Å². The first kappa shape index (κ1) is 90.2. The second-order valence-electron chi connectivity index (χ2n) is 28.0. The van der Waals surface area contributed by atoms with Crippen molar-refractivity contribution < 1.29 is 37.6 Å². The van der Waals surface area contributed by atoms with Crippen molar-refractivity contribution in [3.63, 3.8) is 0 Å². The van der Waals surface area contributed by atoms with Gasteiger partial charge in [0.15, 0.2) is 6.10 Å². The maximum atomic E-state index is 12.8. The van der Waals surface area contributed by atoms with Crippen LogP contribution in [-0.4, -0.2) is 49.3 Å². The predicted molar refractivity (Wildman–Crippen MR) is 400 cm³/mol. The number of esters is 2. The number of unbranched alkanes of at least 4 members (excludes halogenated alkanes) is 60. The van der Waals surface area contributed by atoms with Crippen molar-refractivity contribution in [3.05, 3.63) is 36.5 Å². The number of hydrogen-bond donors (Lipinski definition) is 2. The molecule has 544 valence electrons. The van der Waals surface area contributed by atoms with Gasteiger partial charge in [0, 0.05) is 19.4 Å². The Kier molecular flexibility index (Phi) is 76.7. The molecule has 0 aliphatic rings. The smallest absolute Gasteiger partial charge is 0.462 e. The highest BCUT2D eigenvalue weighted by Gasteiger charge is 2.26. The third-order valence-electron chi connectivity index (χ3n) is 18.8. The summed E-state index contributed by atoms with van der Waals surface area (Å²) in [5.41, 5.74) is 5.42. The summed E-state index contributed by atoms with van der Waals surface area (Å²) < 4.78 is 33.3. The summed E-state index contributed by atoms with van der Waals surface area (Å²) in [6.07, 6.45) is 100. The van der Waals surface area contributed by atoms with E-state index in [1.807, 2.05) is 0 Å². The molecule has 2 atom stereocenters. The predicted octanol–water partition coefficient (Wildman–Crippen LogP) is 27.4. The Bertz CT molecular complexity index is 1600. The third-order valence-corrected chi connectivity index (χ3v) is 19.8. The van der Waals surface area contributed by atoms with Gasteiger partial charge in [-0.3, -0.25) is 18.6 Å². The molecule has 0 spiro atoms. The van der Waals surface area contributed by atoms with Crippen LogP contribution in [0.15, 0.2) is 36.5 Å². The molecule has 3 N–H and O–H groups in total. The number of carbonyl (C=O) groups excluding carboxylic acids is 2. The van der Waals surface area contributed by atoms with E-state index in [9.17, 15) is 19.0 Å². The standard InChI is InChI=1S/C82H158NO8P/c1-3-5-7-9-11-13-15-17-19-21-23-25-27-29-31-33-35-37-38-39-40-41-42-43-45-47-49-51-53-55-57-59-61-63-65-67-69-71-73-75-82(85)91-80(79-90-92(86,87)89-77-76-83)78-88-81(84)74-72-70-68-66-64-62-60-58-56-54-52-50-48-46-44-36-34-32-30-28-26-24-22-20-18-16-14-12-10-8-6-4-2/h15,17,21,23,27,29,80H,3-14,16,18-20,22,24-26,28,30-79,83H2,1-2H3,(H,86,87)/b17-15-,23-21-,29-27-. The molecule has 0 aromatic heterocycles. The van der Waals surface area contributed by atoms with Gasteiger partial charge < -0.3 is 20.1 Å². The fourth-order valence-electron chi connectivity index (χ4n) is 12.7. The van der Waals surface area contributed by atoms with E-state index in [0.29, 0.717) is 6.42 Å². The molecule has 0 aliphatic heterocycles. The van der Waals surface area contributed by atoms with E-state index in [4.69, 9.17) is 24.3 Å². The monoisotopic (exact) mass is 1320 g/mol. The molecule has 0 heterocycles. The Morgan fingerprint density at radius 2 is 0.565 bits per heavy atom. The molecule has 9 nitrogen and oxygen atoms in total. The third kappa shape index (κ3) is 77.2. The summed E-state index contributed by atoms with van der Waals surface area (Å²) in [5, 5.41) is 0. The van der Waals surface area contributed by atoms with Crippen LogP contribution in [-0.2, 0) is 32.7 Å². The molecule has 0 aromatic carbocycles. The number of phosphoric acid groups is 1. The highest BCUT2D eigenvalue weighted by molar-refractivity contribution is 7.47. The van der Waals surface area contributed by atoms with E-state index >= 15 is 0 Å². The fraction of sp³-hybridized carbons (Fsp3) is 0.902. The van der Waals surface area contributed by atoms with Gasteiger partial charge in [-0.25, -0.2) is 4.57 Å². The van der Waals surface area contributed by atoms with Crippen LogP contribution in [0.25, 0.3) is 0 Å². The van der Waals surface area contributed by atoms with Crippen LogP contribution >= 0.6 is 7.82 Å². The number of allylic oxidation sites excluding steroid dienone is 6. The molecular weight excluding hydrogens is 1160 g/mol. The second-order valence-corrected chi connectivity index (χ2v) is 29.5. The van der Waals surface area contributed by atoms with Gasteiger partial charge >= 0.3 is 19.8 Å². The van der Waals surface area contributed by atoms with E-state index in [1.165, 1.54) is 366 Å². The SMILES string of the molecule is CCCCCCC/C=C\C/C=C\C/C=C\CCCCCCCCCCCCCCCCCCCCCCCCCCC(=O)OC(COC(=O)CCCCCCCCCCCCCCCCCCCCCCCCCCCCCCCCCC)COP(=O)(O)OCCN. The van der Waals surface area contributed by atoms with E-state index in [-0.39, 0.29) is 38.6 Å². The molecule has 0 aromatic rings. The Balaban J connectivity index is 3.73. The second kappa shape index (κ2) is 78.2. The lowest BCUT2D eigenvalue weighted by atomic mass is 10.0.